The molecule has 0 aromatic heterocycles. The van der Waals surface area contributed by atoms with E-state index >= 15 is 0 Å². The lowest BCUT2D eigenvalue weighted by Crippen LogP contribution is -2.39. The second kappa shape index (κ2) is 7.20. The highest BCUT2D eigenvalue weighted by Crippen LogP contribution is 2.36. The molecule has 0 aliphatic carbocycles. The van der Waals surface area contributed by atoms with Crippen LogP contribution in [-0.2, 0) is 9.59 Å². The van der Waals surface area contributed by atoms with Crippen molar-refractivity contribution in [1.29, 1.82) is 0 Å². The molecule has 0 bridgehead atoms. The van der Waals surface area contributed by atoms with Crippen LogP contribution in [0.5, 0.6) is 0 Å². The number of imide groups is 1. The summed E-state index contributed by atoms with van der Waals surface area (Å²) >= 11 is 6.10. The molecule has 0 N–H and O–H groups in total. The van der Waals surface area contributed by atoms with Crippen LogP contribution < -0.4 is 4.90 Å². The average Bonchev–Trinajstić information content (AvgIpc) is 2.93. The summed E-state index contributed by atoms with van der Waals surface area (Å²) in [5, 5.41) is 0.495. The lowest BCUT2D eigenvalue weighted by atomic mass is 9.98. The molecule has 0 saturated carbocycles. The van der Waals surface area contributed by atoms with Crippen LogP contribution in [0.15, 0.2) is 60.3 Å². The number of benzene rings is 2. The second-order valence-electron chi connectivity index (χ2n) is 7.21. The van der Waals surface area contributed by atoms with Crippen molar-refractivity contribution in [3.8, 4) is 0 Å². The Bertz CT molecular complexity index is 923. The molecule has 5 heteroatoms. The maximum atomic E-state index is 13.4. The number of anilines is 1. The van der Waals surface area contributed by atoms with Gasteiger partial charge in [-0.05, 0) is 42.5 Å². The van der Waals surface area contributed by atoms with Gasteiger partial charge in [-0.1, -0.05) is 54.9 Å². The minimum absolute atomic E-state index is 0.268. The summed E-state index contributed by atoms with van der Waals surface area (Å²) in [7, 11) is 0. The van der Waals surface area contributed by atoms with Gasteiger partial charge < -0.3 is 4.90 Å². The number of amides is 2. The van der Waals surface area contributed by atoms with Crippen molar-refractivity contribution in [2.75, 3.05) is 18.0 Å². The number of piperidine rings is 1. The Hall–Kier alpha value is -2.59. The zero-order chi connectivity index (χ0) is 19.0. The Morgan fingerprint density at radius 2 is 1.78 bits per heavy atom. The fraction of sp³-hybridized carbons (Fsp3) is 0.273. The highest BCUT2D eigenvalue weighted by molar-refractivity contribution is 6.45. The first-order valence-corrected chi connectivity index (χ1v) is 9.63. The third-order valence-electron chi connectivity index (χ3n) is 5.16. The molecular weight excluding hydrogens is 360 g/mol. The fourth-order valence-corrected chi connectivity index (χ4v) is 4.10. The number of nitrogens with zero attached hydrogens (tertiary/aromatic N) is 2. The largest absolute Gasteiger partial charge is 0.366 e. The van der Waals surface area contributed by atoms with E-state index in [2.05, 4.69) is 11.8 Å². The van der Waals surface area contributed by atoms with Crippen molar-refractivity contribution in [2.45, 2.75) is 19.8 Å². The smallest absolute Gasteiger partial charge is 0.282 e. The number of hydrogen-bond donors (Lipinski definition) is 0. The molecular formula is C22H21ClN2O2. The molecule has 2 aliphatic rings. The molecule has 0 radical (unpaired) electrons. The SMILES string of the molecule is CC1CCCN(C2=C(c3ccccc3)C(=O)N(c3cccc(Cl)c3)C2=O)C1. The molecule has 2 aliphatic heterocycles. The fourth-order valence-electron chi connectivity index (χ4n) is 3.92. The Morgan fingerprint density at radius 1 is 1.00 bits per heavy atom. The lowest BCUT2D eigenvalue weighted by Gasteiger charge is -2.33. The number of hydrogen-bond acceptors (Lipinski definition) is 3. The first kappa shape index (κ1) is 17.8. The predicted molar refractivity (Wildman–Crippen MR) is 107 cm³/mol. The molecule has 27 heavy (non-hydrogen) atoms. The minimum Gasteiger partial charge on any atom is -0.366 e. The Kier molecular flexibility index (Phi) is 4.75. The first-order valence-electron chi connectivity index (χ1n) is 9.25. The topological polar surface area (TPSA) is 40.6 Å². The van der Waals surface area contributed by atoms with E-state index in [9.17, 15) is 9.59 Å². The van der Waals surface area contributed by atoms with E-state index in [-0.39, 0.29) is 11.8 Å². The summed E-state index contributed by atoms with van der Waals surface area (Å²) in [4.78, 5) is 30.1. The van der Waals surface area contributed by atoms with Gasteiger partial charge in [-0.25, -0.2) is 4.90 Å². The van der Waals surface area contributed by atoms with Crippen molar-refractivity contribution < 1.29 is 9.59 Å². The van der Waals surface area contributed by atoms with Gasteiger partial charge in [-0.15, -0.1) is 0 Å². The van der Waals surface area contributed by atoms with Crippen molar-refractivity contribution in [3.05, 3.63) is 70.9 Å². The van der Waals surface area contributed by atoms with Crippen LogP contribution in [0.4, 0.5) is 5.69 Å². The molecule has 4 nitrogen and oxygen atoms in total. The van der Waals surface area contributed by atoms with E-state index in [1.54, 1.807) is 24.3 Å². The number of halogens is 1. The normalized spacial score (nSPS) is 20.6. The maximum Gasteiger partial charge on any atom is 0.282 e. The Labute approximate surface area is 164 Å². The van der Waals surface area contributed by atoms with Crippen molar-refractivity contribution in [2.24, 2.45) is 5.92 Å². The van der Waals surface area contributed by atoms with Gasteiger partial charge in [0.2, 0.25) is 0 Å². The average molecular weight is 381 g/mol. The molecule has 0 spiro atoms. The molecule has 1 fully saturated rings. The quantitative estimate of drug-likeness (QED) is 0.743. The van der Waals surface area contributed by atoms with Crippen LogP contribution in [0.25, 0.3) is 5.57 Å². The van der Waals surface area contributed by atoms with Crippen LogP contribution in [0.3, 0.4) is 0 Å². The van der Waals surface area contributed by atoms with Gasteiger partial charge in [0.15, 0.2) is 0 Å². The van der Waals surface area contributed by atoms with Gasteiger partial charge in [-0.3, -0.25) is 9.59 Å². The predicted octanol–water partition coefficient (Wildman–Crippen LogP) is 4.36. The molecule has 1 atom stereocenters. The van der Waals surface area contributed by atoms with Crippen LogP contribution in [-0.4, -0.2) is 29.8 Å². The Balaban J connectivity index is 1.83. The number of rotatable bonds is 3. The van der Waals surface area contributed by atoms with E-state index in [0.717, 1.165) is 31.5 Å². The lowest BCUT2D eigenvalue weighted by molar-refractivity contribution is -0.120. The zero-order valence-electron chi connectivity index (χ0n) is 15.2. The highest BCUT2D eigenvalue weighted by Gasteiger charge is 2.43. The van der Waals surface area contributed by atoms with Gasteiger partial charge >= 0.3 is 0 Å². The van der Waals surface area contributed by atoms with Gasteiger partial charge in [-0.2, -0.15) is 0 Å². The third kappa shape index (κ3) is 3.26. The maximum absolute atomic E-state index is 13.4. The second-order valence-corrected chi connectivity index (χ2v) is 7.65. The minimum atomic E-state index is -0.290. The molecule has 2 amide bonds. The van der Waals surface area contributed by atoms with Crippen molar-refractivity contribution in [3.63, 3.8) is 0 Å². The van der Waals surface area contributed by atoms with E-state index < -0.39 is 0 Å². The standard InChI is InChI=1S/C22H21ClN2O2/c1-15-7-6-12-24(14-15)20-19(16-8-3-2-4-9-16)21(26)25(22(20)27)18-11-5-10-17(23)13-18/h2-5,8-11,13,15H,6-7,12,14H2,1H3. The van der Waals surface area contributed by atoms with Crippen LogP contribution in [0.1, 0.15) is 25.3 Å². The molecule has 1 unspecified atom stereocenters. The molecule has 138 valence electrons. The van der Waals surface area contributed by atoms with Crippen molar-refractivity contribution in [1.82, 2.24) is 4.90 Å². The van der Waals surface area contributed by atoms with E-state index in [4.69, 9.17) is 11.6 Å². The molecule has 2 heterocycles. The molecule has 2 aromatic carbocycles. The van der Waals surface area contributed by atoms with Gasteiger partial charge in [0.25, 0.3) is 11.8 Å². The summed E-state index contributed by atoms with van der Waals surface area (Å²) in [5.74, 6) is -0.0664. The summed E-state index contributed by atoms with van der Waals surface area (Å²) < 4.78 is 0. The third-order valence-corrected chi connectivity index (χ3v) is 5.40. The summed E-state index contributed by atoms with van der Waals surface area (Å²) in [6, 6.07) is 16.3. The molecule has 2 aromatic rings. The number of likely N-dealkylation sites (tertiary alicyclic amines) is 1. The van der Waals surface area contributed by atoms with E-state index in [0.29, 0.717) is 27.9 Å². The van der Waals surface area contributed by atoms with Gasteiger partial charge in [0.1, 0.15) is 5.70 Å². The van der Waals surface area contributed by atoms with E-state index in [1.807, 2.05) is 30.3 Å². The van der Waals surface area contributed by atoms with E-state index in [1.165, 1.54) is 4.90 Å². The molecule has 1 saturated heterocycles. The first-order chi connectivity index (χ1) is 13.1. The van der Waals surface area contributed by atoms with Crippen LogP contribution in [0, 0.1) is 5.92 Å². The summed E-state index contributed by atoms with van der Waals surface area (Å²) in [6.45, 7) is 3.76. The summed E-state index contributed by atoms with van der Waals surface area (Å²) in [5.41, 5.74) is 2.27. The van der Waals surface area contributed by atoms with Gasteiger partial charge in [0.05, 0.1) is 11.3 Å². The zero-order valence-corrected chi connectivity index (χ0v) is 15.9. The monoisotopic (exact) mass is 380 g/mol. The van der Waals surface area contributed by atoms with Crippen LogP contribution in [0.2, 0.25) is 5.02 Å². The number of carbonyl (C=O) groups excluding carboxylic acids is 2. The number of carbonyl (C=O) groups is 2. The Morgan fingerprint density at radius 3 is 2.48 bits per heavy atom. The summed E-state index contributed by atoms with van der Waals surface area (Å²) in [6.07, 6.45) is 2.16. The van der Waals surface area contributed by atoms with Crippen molar-refractivity contribution >= 4 is 34.7 Å². The van der Waals surface area contributed by atoms with Gasteiger partial charge in [0, 0.05) is 18.1 Å². The molecule has 4 rings (SSSR count). The highest BCUT2D eigenvalue weighted by atomic mass is 35.5. The van der Waals surface area contributed by atoms with Crippen LogP contribution >= 0.6 is 11.6 Å².